The molecular formula is C19H16N4OS. The quantitative estimate of drug-likeness (QED) is 0.770. The summed E-state index contributed by atoms with van der Waals surface area (Å²) < 4.78 is 0. The van der Waals surface area contributed by atoms with Gasteiger partial charge in [-0.15, -0.1) is 11.3 Å². The van der Waals surface area contributed by atoms with Gasteiger partial charge in [-0.05, 0) is 30.0 Å². The van der Waals surface area contributed by atoms with E-state index >= 15 is 0 Å². The molecule has 1 amide bonds. The number of nitrogens with zero attached hydrogens (tertiary/aromatic N) is 3. The van der Waals surface area contributed by atoms with Crippen LogP contribution in [-0.2, 0) is 13.0 Å². The highest BCUT2D eigenvalue weighted by Crippen LogP contribution is 2.29. The number of likely N-dealkylation sites (N-methyl/N-ethyl adjacent to an activating group) is 1. The van der Waals surface area contributed by atoms with Crippen molar-refractivity contribution in [2.45, 2.75) is 13.0 Å². The monoisotopic (exact) mass is 348 g/mol. The van der Waals surface area contributed by atoms with E-state index in [4.69, 9.17) is 0 Å². The van der Waals surface area contributed by atoms with E-state index in [1.165, 1.54) is 16.2 Å². The van der Waals surface area contributed by atoms with Crippen LogP contribution >= 0.6 is 11.3 Å². The van der Waals surface area contributed by atoms with Gasteiger partial charge < -0.3 is 4.90 Å². The summed E-state index contributed by atoms with van der Waals surface area (Å²) in [7, 11) is 2.08. The minimum atomic E-state index is -0.229. The van der Waals surface area contributed by atoms with Gasteiger partial charge in [-0.2, -0.15) is 5.26 Å². The Morgan fingerprint density at radius 1 is 1.36 bits per heavy atom. The van der Waals surface area contributed by atoms with Crippen LogP contribution in [-0.4, -0.2) is 29.4 Å². The minimum Gasteiger partial charge on any atom is -0.301 e. The van der Waals surface area contributed by atoms with Crippen LogP contribution in [0.25, 0.3) is 10.8 Å². The summed E-state index contributed by atoms with van der Waals surface area (Å²) in [5, 5.41) is 14.5. The van der Waals surface area contributed by atoms with Crippen molar-refractivity contribution in [3.63, 3.8) is 0 Å². The van der Waals surface area contributed by atoms with E-state index in [0.717, 1.165) is 36.0 Å². The molecule has 0 bridgehead atoms. The van der Waals surface area contributed by atoms with Gasteiger partial charge in [0.1, 0.15) is 0 Å². The lowest BCUT2D eigenvalue weighted by atomic mass is 10.0. The maximum Gasteiger partial charge on any atom is 0.258 e. The van der Waals surface area contributed by atoms with E-state index in [0.29, 0.717) is 16.3 Å². The van der Waals surface area contributed by atoms with Gasteiger partial charge in [0.2, 0.25) is 0 Å². The number of amides is 1. The molecule has 1 aliphatic heterocycles. The first-order valence-electron chi connectivity index (χ1n) is 8.05. The maximum absolute atomic E-state index is 12.8. The largest absolute Gasteiger partial charge is 0.301 e. The highest BCUT2D eigenvalue weighted by atomic mass is 32.1. The minimum absolute atomic E-state index is 0.229. The van der Waals surface area contributed by atoms with Crippen molar-refractivity contribution in [2.75, 3.05) is 18.9 Å². The molecule has 0 atom stereocenters. The number of anilines is 1. The molecule has 0 saturated heterocycles. The van der Waals surface area contributed by atoms with E-state index in [2.05, 4.69) is 28.3 Å². The maximum atomic E-state index is 12.8. The van der Waals surface area contributed by atoms with Crippen molar-refractivity contribution < 1.29 is 4.79 Å². The zero-order valence-electron chi connectivity index (χ0n) is 13.7. The van der Waals surface area contributed by atoms with Crippen LogP contribution in [0.5, 0.6) is 0 Å². The highest BCUT2D eigenvalue weighted by molar-refractivity contribution is 7.15. The Bertz CT molecular complexity index is 1020. The van der Waals surface area contributed by atoms with Crippen molar-refractivity contribution in [3.05, 3.63) is 58.1 Å². The van der Waals surface area contributed by atoms with Crippen molar-refractivity contribution >= 4 is 33.1 Å². The average Bonchev–Trinajstić information content (AvgIpc) is 3.01. The van der Waals surface area contributed by atoms with Gasteiger partial charge in [0.25, 0.3) is 5.91 Å². The van der Waals surface area contributed by atoms with Crippen molar-refractivity contribution in [1.82, 2.24) is 9.88 Å². The predicted octanol–water partition coefficient (Wildman–Crippen LogP) is 3.41. The highest BCUT2D eigenvalue weighted by Gasteiger charge is 2.20. The molecule has 2 heterocycles. The third kappa shape index (κ3) is 3.00. The second-order valence-electron chi connectivity index (χ2n) is 6.19. The zero-order valence-corrected chi connectivity index (χ0v) is 14.6. The molecule has 0 spiro atoms. The molecule has 1 aromatic heterocycles. The molecule has 0 fully saturated rings. The Morgan fingerprint density at radius 3 is 3.04 bits per heavy atom. The molecule has 0 aliphatic carbocycles. The predicted molar refractivity (Wildman–Crippen MR) is 98.8 cm³/mol. The number of hydrogen-bond donors (Lipinski definition) is 1. The van der Waals surface area contributed by atoms with Gasteiger partial charge in [0.15, 0.2) is 5.13 Å². The summed E-state index contributed by atoms with van der Waals surface area (Å²) in [5.74, 6) is -0.229. The van der Waals surface area contributed by atoms with Crippen molar-refractivity contribution in [1.29, 1.82) is 5.26 Å². The molecule has 4 rings (SSSR count). The van der Waals surface area contributed by atoms with Crippen LogP contribution in [0, 0.1) is 11.3 Å². The van der Waals surface area contributed by atoms with Crippen LogP contribution in [0.15, 0.2) is 36.4 Å². The van der Waals surface area contributed by atoms with Crippen LogP contribution < -0.4 is 5.32 Å². The first-order valence-corrected chi connectivity index (χ1v) is 8.87. The molecule has 124 valence electrons. The molecular weight excluding hydrogens is 332 g/mol. The van der Waals surface area contributed by atoms with Gasteiger partial charge in [-0.25, -0.2) is 4.98 Å². The second-order valence-corrected chi connectivity index (χ2v) is 7.27. The fourth-order valence-corrected chi connectivity index (χ4v) is 4.19. The molecule has 0 radical (unpaired) electrons. The average molecular weight is 348 g/mol. The third-order valence-corrected chi connectivity index (χ3v) is 5.38. The Morgan fingerprint density at radius 2 is 2.20 bits per heavy atom. The van der Waals surface area contributed by atoms with E-state index in [9.17, 15) is 10.1 Å². The van der Waals surface area contributed by atoms with E-state index in [-0.39, 0.29) is 5.91 Å². The first-order chi connectivity index (χ1) is 12.1. The topological polar surface area (TPSA) is 69.0 Å². The van der Waals surface area contributed by atoms with Crippen molar-refractivity contribution in [2.24, 2.45) is 0 Å². The summed E-state index contributed by atoms with van der Waals surface area (Å²) in [6.07, 6.45) is 0.908. The molecule has 1 aliphatic rings. The Kier molecular flexibility index (Phi) is 3.96. The number of thiazole rings is 1. The van der Waals surface area contributed by atoms with Gasteiger partial charge >= 0.3 is 0 Å². The summed E-state index contributed by atoms with van der Waals surface area (Å²) in [5.41, 5.74) is 2.05. The van der Waals surface area contributed by atoms with Gasteiger partial charge in [0, 0.05) is 30.0 Å². The lowest BCUT2D eigenvalue weighted by Gasteiger charge is -2.20. The summed E-state index contributed by atoms with van der Waals surface area (Å²) in [6, 6.07) is 13.2. The number of carbonyl (C=O) groups is 1. The molecule has 5 nitrogen and oxygen atoms in total. The van der Waals surface area contributed by atoms with E-state index in [1.54, 1.807) is 12.1 Å². The number of benzene rings is 2. The normalized spacial score (nSPS) is 14.1. The molecule has 25 heavy (non-hydrogen) atoms. The number of hydrogen-bond acceptors (Lipinski definition) is 5. The number of carbonyl (C=O) groups excluding carboxylic acids is 1. The summed E-state index contributed by atoms with van der Waals surface area (Å²) >= 11 is 1.53. The lowest BCUT2D eigenvalue weighted by Crippen LogP contribution is -2.25. The van der Waals surface area contributed by atoms with Gasteiger partial charge in [-0.1, -0.05) is 24.3 Å². The number of nitrogens with one attached hydrogen (secondary N) is 1. The summed E-state index contributed by atoms with van der Waals surface area (Å²) in [4.78, 5) is 20.8. The van der Waals surface area contributed by atoms with Crippen molar-refractivity contribution in [3.8, 4) is 6.07 Å². The van der Waals surface area contributed by atoms with Gasteiger partial charge in [0.05, 0.1) is 17.3 Å². The van der Waals surface area contributed by atoms with Crippen LogP contribution in [0.4, 0.5) is 5.13 Å². The fraction of sp³-hybridized carbons (Fsp3) is 0.211. The SMILES string of the molecule is CN1CCc2nc(NC(=O)c3cc(C#N)cc4ccccc34)sc2C1. The van der Waals surface area contributed by atoms with E-state index < -0.39 is 0 Å². The second kappa shape index (κ2) is 6.28. The standard InChI is InChI=1S/C19H16N4OS/c1-23-7-6-16-17(11-23)25-19(21-16)22-18(24)15-9-12(10-20)8-13-4-2-3-5-14(13)15/h2-5,8-9H,6-7,11H2,1H3,(H,21,22,24). The lowest BCUT2D eigenvalue weighted by molar-refractivity contribution is 0.102. The molecule has 0 unspecified atom stereocenters. The fourth-order valence-electron chi connectivity index (χ4n) is 3.10. The third-order valence-electron chi connectivity index (χ3n) is 4.38. The molecule has 2 aromatic carbocycles. The number of aromatic nitrogens is 1. The number of fused-ring (bicyclic) bond motifs is 2. The molecule has 6 heteroatoms. The van der Waals surface area contributed by atoms with Crippen LogP contribution in [0.1, 0.15) is 26.5 Å². The molecule has 1 N–H and O–H groups in total. The smallest absolute Gasteiger partial charge is 0.258 e. The summed E-state index contributed by atoms with van der Waals surface area (Å²) in [6.45, 7) is 1.86. The van der Waals surface area contributed by atoms with E-state index in [1.807, 2.05) is 24.3 Å². The molecule has 3 aromatic rings. The van der Waals surface area contributed by atoms with Crippen LogP contribution in [0.3, 0.4) is 0 Å². The first kappa shape index (κ1) is 15.8. The number of nitriles is 1. The Labute approximate surface area is 149 Å². The Hall–Kier alpha value is -2.75. The number of rotatable bonds is 2. The molecule has 0 saturated carbocycles. The zero-order chi connectivity index (χ0) is 17.4. The van der Waals surface area contributed by atoms with Gasteiger partial charge in [-0.3, -0.25) is 10.1 Å². The van der Waals surface area contributed by atoms with Crippen LogP contribution in [0.2, 0.25) is 0 Å². The Balaban J connectivity index is 1.68.